The van der Waals surface area contributed by atoms with Gasteiger partial charge in [-0.3, -0.25) is 9.36 Å². The second-order valence-corrected chi connectivity index (χ2v) is 10.1. The molecule has 0 radical (unpaired) electrons. The second-order valence-electron chi connectivity index (χ2n) is 8.08. The van der Waals surface area contributed by atoms with E-state index in [2.05, 4.69) is 0 Å². The molecule has 0 bridgehead atoms. The third kappa shape index (κ3) is 4.12. The van der Waals surface area contributed by atoms with Gasteiger partial charge in [0, 0.05) is 10.6 Å². The highest BCUT2D eigenvalue weighted by atomic mass is 32.2. The van der Waals surface area contributed by atoms with Gasteiger partial charge in [0.2, 0.25) is 0 Å². The van der Waals surface area contributed by atoms with Gasteiger partial charge in [0.15, 0.2) is 5.16 Å². The van der Waals surface area contributed by atoms with Gasteiger partial charge in [-0.05, 0) is 61.1 Å². The van der Waals surface area contributed by atoms with Crippen LogP contribution < -0.4 is 10.3 Å². The summed E-state index contributed by atoms with van der Waals surface area (Å²) in [6.45, 7) is 0. The summed E-state index contributed by atoms with van der Waals surface area (Å²) in [5, 5.41) is 1.37. The average molecular weight is 493 g/mol. The number of nitrogens with zero attached hydrogens (tertiary/aromatic N) is 2. The van der Waals surface area contributed by atoms with E-state index >= 15 is 0 Å². The van der Waals surface area contributed by atoms with Crippen molar-refractivity contribution in [1.82, 2.24) is 9.55 Å². The second kappa shape index (κ2) is 9.64. The first-order chi connectivity index (χ1) is 16.6. The number of hydrogen-bond donors (Lipinski definition) is 0. The lowest BCUT2D eigenvalue weighted by Gasteiger charge is -2.16. The summed E-state index contributed by atoms with van der Waals surface area (Å²) >= 11 is 3.15. The SMILES string of the molecule is COC(=O)c1ccc(CSc2nc3sc4c(c3c(=O)n2-c2ccccc2OC)CCCC4)cc1. The maximum atomic E-state index is 13.9. The molecule has 34 heavy (non-hydrogen) atoms. The lowest BCUT2D eigenvalue weighted by molar-refractivity contribution is 0.0600. The number of aryl methyl sites for hydroxylation is 2. The summed E-state index contributed by atoms with van der Waals surface area (Å²) in [5.41, 5.74) is 3.33. The third-order valence-corrected chi connectivity index (χ3v) is 8.22. The lowest BCUT2D eigenvalue weighted by atomic mass is 9.97. The van der Waals surface area contributed by atoms with Crippen LogP contribution in [0.1, 0.15) is 39.2 Å². The molecule has 0 atom stereocenters. The molecule has 174 valence electrons. The first-order valence-corrected chi connectivity index (χ1v) is 12.9. The molecule has 5 rings (SSSR count). The maximum Gasteiger partial charge on any atom is 0.337 e. The van der Waals surface area contributed by atoms with Crippen LogP contribution in [-0.4, -0.2) is 29.7 Å². The number of carbonyl (C=O) groups excluding carboxylic acids is 1. The molecule has 1 aliphatic carbocycles. The Morgan fingerprint density at radius 1 is 1.09 bits per heavy atom. The number of fused-ring (bicyclic) bond motifs is 3. The largest absolute Gasteiger partial charge is 0.495 e. The highest BCUT2D eigenvalue weighted by Crippen LogP contribution is 2.36. The molecule has 0 unspecified atom stereocenters. The summed E-state index contributed by atoms with van der Waals surface area (Å²) in [6, 6.07) is 14.8. The quantitative estimate of drug-likeness (QED) is 0.204. The van der Waals surface area contributed by atoms with Gasteiger partial charge in [0.1, 0.15) is 10.6 Å². The molecule has 0 amide bonds. The molecule has 0 saturated carbocycles. The minimum atomic E-state index is -0.363. The molecule has 0 fully saturated rings. The van der Waals surface area contributed by atoms with Crippen LogP contribution in [0, 0.1) is 0 Å². The molecule has 0 saturated heterocycles. The first kappa shape index (κ1) is 22.7. The molecule has 1 aliphatic rings. The van der Waals surface area contributed by atoms with Crippen molar-refractivity contribution in [3.8, 4) is 11.4 Å². The summed E-state index contributed by atoms with van der Waals surface area (Å²) < 4.78 is 12.1. The molecular formula is C26H24N2O4S2. The Balaban J connectivity index is 1.60. The van der Waals surface area contributed by atoms with E-state index < -0.39 is 0 Å². The molecule has 6 nitrogen and oxygen atoms in total. The minimum Gasteiger partial charge on any atom is -0.495 e. The number of benzene rings is 2. The van der Waals surface area contributed by atoms with Crippen molar-refractivity contribution >= 4 is 39.3 Å². The van der Waals surface area contributed by atoms with Crippen LogP contribution >= 0.6 is 23.1 Å². The van der Waals surface area contributed by atoms with Gasteiger partial charge in [0.25, 0.3) is 5.56 Å². The fourth-order valence-corrected chi connectivity index (χ4v) is 6.58. The van der Waals surface area contributed by atoms with Crippen molar-refractivity contribution < 1.29 is 14.3 Å². The summed E-state index contributed by atoms with van der Waals surface area (Å²) in [5.74, 6) is 0.858. The molecular weight excluding hydrogens is 468 g/mol. The monoisotopic (exact) mass is 492 g/mol. The van der Waals surface area contributed by atoms with Crippen molar-refractivity contribution in [1.29, 1.82) is 0 Å². The van der Waals surface area contributed by atoms with E-state index in [0.717, 1.165) is 41.5 Å². The third-order valence-electron chi connectivity index (χ3n) is 6.03. The summed E-state index contributed by atoms with van der Waals surface area (Å²) in [4.78, 5) is 32.7. The molecule has 0 spiro atoms. The predicted octanol–water partition coefficient (Wildman–Crippen LogP) is 5.41. The normalized spacial score (nSPS) is 13.0. The van der Waals surface area contributed by atoms with Gasteiger partial charge >= 0.3 is 5.97 Å². The standard InChI is InChI=1S/C26H24N2O4S2/c1-31-20-9-5-4-8-19(20)28-24(29)22-18-7-3-6-10-21(18)34-23(22)27-26(28)33-15-16-11-13-17(14-12-16)25(30)32-2/h4-5,8-9,11-14H,3,6-7,10,15H2,1-2H3. The number of methoxy groups -OCH3 is 2. The molecule has 2 aromatic carbocycles. The molecule has 0 aliphatic heterocycles. The van der Waals surface area contributed by atoms with Gasteiger partial charge in [-0.25, -0.2) is 9.78 Å². The number of para-hydroxylation sites is 2. The fourth-order valence-electron chi connectivity index (χ4n) is 4.31. The number of thioether (sulfide) groups is 1. The van der Waals surface area contributed by atoms with E-state index in [0.29, 0.717) is 27.9 Å². The Labute approximate surface area is 205 Å². The Kier molecular flexibility index (Phi) is 6.43. The molecule has 0 N–H and O–H groups in total. The van der Waals surface area contributed by atoms with Crippen molar-refractivity contribution in [2.45, 2.75) is 36.6 Å². The highest BCUT2D eigenvalue weighted by molar-refractivity contribution is 7.98. The zero-order valence-electron chi connectivity index (χ0n) is 19.0. The van der Waals surface area contributed by atoms with Gasteiger partial charge in [-0.2, -0.15) is 0 Å². The Morgan fingerprint density at radius 2 is 1.85 bits per heavy atom. The maximum absolute atomic E-state index is 13.9. The van der Waals surface area contributed by atoms with E-state index in [1.165, 1.54) is 29.3 Å². The van der Waals surface area contributed by atoms with E-state index in [1.807, 2.05) is 36.4 Å². The number of carbonyl (C=O) groups is 1. The van der Waals surface area contributed by atoms with Crippen molar-refractivity contribution in [2.75, 3.05) is 14.2 Å². The van der Waals surface area contributed by atoms with E-state index in [1.54, 1.807) is 35.1 Å². The fraction of sp³-hybridized carbons (Fsp3) is 0.269. The van der Waals surface area contributed by atoms with Gasteiger partial charge < -0.3 is 9.47 Å². The number of aromatic nitrogens is 2. The van der Waals surface area contributed by atoms with Crippen molar-refractivity contribution in [3.05, 3.63) is 80.5 Å². The van der Waals surface area contributed by atoms with Crippen LogP contribution in [0.5, 0.6) is 5.75 Å². The zero-order valence-corrected chi connectivity index (χ0v) is 20.6. The first-order valence-electron chi connectivity index (χ1n) is 11.1. The number of hydrogen-bond acceptors (Lipinski definition) is 7. The van der Waals surface area contributed by atoms with Crippen LogP contribution in [0.2, 0.25) is 0 Å². The van der Waals surface area contributed by atoms with Crippen molar-refractivity contribution in [3.63, 3.8) is 0 Å². The topological polar surface area (TPSA) is 70.4 Å². The van der Waals surface area contributed by atoms with Crippen LogP contribution in [0.25, 0.3) is 15.9 Å². The van der Waals surface area contributed by atoms with Crippen LogP contribution in [0.3, 0.4) is 0 Å². The van der Waals surface area contributed by atoms with Crippen molar-refractivity contribution in [2.24, 2.45) is 0 Å². The van der Waals surface area contributed by atoms with Gasteiger partial charge in [0.05, 0.1) is 30.9 Å². The summed E-state index contributed by atoms with van der Waals surface area (Å²) in [6.07, 6.45) is 4.20. The molecule has 8 heteroatoms. The van der Waals surface area contributed by atoms with Gasteiger partial charge in [-0.1, -0.05) is 36.0 Å². The highest BCUT2D eigenvalue weighted by Gasteiger charge is 2.24. The zero-order chi connectivity index (χ0) is 23.7. The Bertz CT molecular complexity index is 1420. The lowest BCUT2D eigenvalue weighted by Crippen LogP contribution is -2.22. The predicted molar refractivity (Wildman–Crippen MR) is 136 cm³/mol. The Hall–Kier alpha value is -3.10. The molecule has 4 aromatic rings. The Morgan fingerprint density at radius 3 is 2.62 bits per heavy atom. The van der Waals surface area contributed by atoms with Crippen LogP contribution in [-0.2, 0) is 23.3 Å². The number of esters is 1. The number of thiophene rings is 1. The minimum absolute atomic E-state index is 0.0440. The average Bonchev–Trinajstić information content (AvgIpc) is 3.26. The van der Waals surface area contributed by atoms with E-state index in [-0.39, 0.29) is 11.5 Å². The van der Waals surface area contributed by atoms with Gasteiger partial charge in [-0.15, -0.1) is 11.3 Å². The summed E-state index contributed by atoms with van der Waals surface area (Å²) in [7, 11) is 2.98. The van der Waals surface area contributed by atoms with E-state index in [9.17, 15) is 9.59 Å². The molecule has 2 heterocycles. The number of ether oxygens (including phenoxy) is 2. The smallest absolute Gasteiger partial charge is 0.337 e. The number of rotatable bonds is 6. The molecule has 2 aromatic heterocycles. The van der Waals surface area contributed by atoms with Crippen LogP contribution in [0.15, 0.2) is 58.5 Å². The van der Waals surface area contributed by atoms with E-state index in [4.69, 9.17) is 14.5 Å². The van der Waals surface area contributed by atoms with Crippen LogP contribution in [0.4, 0.5) is 0 Å².